The number of pyridine rings is 1. The molecule has 1 unspecified atom stereocenters. The molecule has 0 aliphatic carbocycles. The number of carbonyl (C=O) groups is 2. The second kappa shape index (κ2) is 9.07. The number of aromatic nitrogens is 3. The number of halogens is 1. The van der Waals surface area contributed by atoms with E-state index in [0.29, 0.717) is 19.5 Å². The summed E-state index contributed by atoms with van der Waals surface area (Å²) in [7, 11) is 0. The molecule has 1 saturated heterocycles. The Morgan fingerprint density at radius 2 is 1.90 bits per heavy atom. The lowest BCUT2D eigenvalue weighted by Crippen LogP contribution is -2.38. The molecule has 8 heteroatoms. The fourth-order valence-electron chi connectivity index (χ4n) is 3.83. The van der Waals surface area contributed by atoms with Crippen LogP contribution in [0.2, 0.25) is 0 Å². The SMILES string of the molecule is CC(=O)NC1CCN(C(=O)Cn2nc(-c3ccncc3)cc2Cc2ccc(F)cc2)C1. The van der Waals surface area contributed by atoms with Crippen molar-refractivity contribution >= 4 is 11.8 Å². The first-order valence-electron chi connectivity index (χ1n) is 10.2. The van der Waals surface area contributed by atoms with Crippen molar-refractivity contribution in [1.29, 1.82) is 0 Å². The molecular weight excluding hydrogens is 397 g/mol. The number of hydrogen-bond acceptors (Lipinski definition) is 4. The lowest BCUT2D eigenvalue weighted by molar-refractivity contribution is -0.131. The number of benzene rings is 1. The summed E-state index contributed by atoms with van der Waals surface area (Å²) in [6.07, 6.45) is 4.67. The van der Waals surface area contributed by atoms with Crippen molar-refractivity contribution in [3.05, 3.63) is 71.9 Å². The molecule has 0 saturated carbocycles. The lowest BCUT2D eigenvalue weighted by atomic mass is 10.1. The van der Waals surface area contributed by atoms with Gasteiger partial charge in [-0.1, -0.05) is 12.1 Å². The quantitative estimate of drug-likeness (QED) is 0.663. The summed E-state index contributed by atoms with van der Waals surface area (Å²) in [4.78, 5) is 30.0. The van der Waals surface area contributed by atoms with Crippen LogP contribution in [-0.2, 0) is 22.6 Å². The second-order valence-corrected chi connectivity index (χ2v) is 7.74. The van der Waals surface area contributed by atoms with Gasteiger partial charge in [0.25, 0.3) is 0 Å². The molecule has 160 valence electrons. The van der Waals surface area contributed by atoms with Gasteiger partial charge in [0.2, 0.25) is 11.8 Å². The van der Waals surface area contributed by atoms with Gasteiger partial charge in [0, 0.05) is 56.1 Å². The molecule has 1 aromatic carbocycles. The zero-order chi connectivity index (χ0) is 21.8. The van der Waals surface area contributed by atoms with Gasteiger partial charge < -0.3 is 10.2 Å². The molecule has 4 rings (SSSR count). The molecule has 1 aliphatic rings. The fourth-order valence-corrected chi connectivity index (χ4v) is 3.83. The molecule has 0 radical (unpaired) electrons. The second-order valence-electron chi connectivity index (χ2n) is 7.74. The third kappa shape index (κ3) is 5.14. The molecular formula is C23H24FN5O2. The Balaban J connectivity index is 1.55. The predicted molar refractivity (Wildman–Crippen MR) is 113 cm³/mol. The van der Waals surface area contributed by atoms with Crippen LogP contribution in [0.1, 0.15) is 24.6 Å². The van der Waals surface area contributed by atoms with Gasteiger partial charge in [-0.25, -0.2) is 4.39 Å². The first-order chi connectivity index (χ1) is 15.0. The zero-order valence-electron chi connectivity index (χ0n) is 17.3. The average Bonchev–Trinajstić information content (AvgIpc) is 3.37. The van der Waals surface area contributed by atoms with Crippen molar-refractivity contribution in [2.45, 2.75) is 32.4 Å². The van der Waals surface area contributed by atoms with Crippen LogP contribution in [0.5, 0.6) is 0 Å². The highest BCUT2D eigenvalue weighted by molar-refractivity contribution is 5.77. The molecule has 31 heavy (non-hydrogen) atoms. The van der Waals surface area contributed by atoms with Crippen LogP contribution in [0, 0.1) is 5.82 Å². The first kappa shape index (κ1) is 20.7. The van der Waals surface area contributed by atoms with E-state index < -0.39 is 0 Å². The maximum atomic E-state index is 13.3. The summed E-state index contributed by atoms with van der Waals surface area (Å²) in [6, 6.07) is 12.0. The monoisotopic (exact) mass is 421 g/mol. The minimum Gasteiger partial charge on any atom is -0.352 e. The van der Waals surface area contributed by atoms with Gasteiger partial charge in [0.15, 0.2) is 0 Å². The predicted octanol–water partition coefficient (Wildman–Crippen LogP) is 2.41. The maximum absolute atomic E-state index is 13.3. The van der Waals surface area contributed by atoms with Crippen LogP contribution < -0.4 is 5.32 Å². The first-order valence-corrected chi connectivity index (χ1v) is 10.2. The maximum Gasteiger partial charge on any atom is 0.244 e. The van der Waals surface area contributed by atoms with Crippen LogP contribution in [0.15, 0.2) is 54.9 Å². The Morgan fingerprint density at radius 3 is 2.61 bits per heavy atom. The minimum atomic E-state index is -0.285. The van der Waals surface area contributed by atoms with Crippen LogP contribution in [-0.4, -0.2) is 50.6 Å². The molecule has 1 N–H and O–H groups in total. The minimum absolute atomic E-state index is 0.00913. The summed E-state index contributed by atoms with van der Waals surface area (Å²) in [5.41, 5.74) is 3.46. The normalized spacial score (nSPS) is 15.8. The molecule has 3 heterocycles. The Bertz CT molecular complexity index is 1070. The number of carbonyl (C=O) groups excluding carboxylic acids is 2. The van der Waals surface area contributed by atoms with E-state index in [0.717, 1.165) is 28.9 Å². The number of rotatable bonds is 6. The third-order valence-corrected chi connectivity index (χ3v) is 5.37. The molecule has 2 aromatic heterocycles. The Hall–Kier alpha value is -3.55. The van der Waals surface area contributed by atoms with Crippen LogP contribution in [0.25, 0.3) is 11.3 Å². The number of likely N-dealkylation sites (tertiary alicyclic amines) is 1. The van der Waals surface area contributed by atoms with E-state index in [1.807, 2.05) is 18.2 Å². The summed E-state index contributed by atoms with van der Waals surface area (Å²) in [5.74, 6) is -0.416. The van der Waals surface area contributed by atoms with Gasteiger partial charge in [-0.05, 0) is 42.3 Å². The summed E-state index contributed by atoms with van der Waals surface area (Å²) in [6.45, 7) is 2.70. The van der Waals surface area contributed by atoms with E-state index in [1.54, 1.807) is 34.1 Å². The van der Waals surface area contributed by atoms with Crippen molar-refractivity contribution in [2.24, 2.45) is 0 Å². The Morgan fingerprint density at radius 1 is 1.16 bits per heavy atom. The summed E-state index contributed by atoms with van der Waals surface area (Å²) >= 11 is 0. The smallest absolute Gasteiger partial charge is 0.244 e. The topological polar surface area (TPSA) is 80.1 Å². The van der Waals surface area contributed by atoms with E-state index in [4.69, 9.17) is 0 Å². The fraction of sp³-hybridized carbons (Fsp3) is 0.304. The number of nitrogens with zero attached hydrogens (tertiary/aromatic N) is 4. The molecule has 1 fully saturated rings. The van der Waals surface area contributed by atoms with E-state index in [2.05, 4.69) is 15.4 Å². The molecule has 2 amide bonds. The molecule has 1 atom stereocenters. The van der Waals surface area contributed by atoms with Crippen LogP contribution in [0.4, 0.5) is 4.39 Å². The zero-order valence-corrected chi connectivity index (χ0v) is 17.3. The highest BCUT2D eigenvalue weighted by Gasteiger charge is 2.27. The van der Waals surface area contributed by atoms with Crippen LogP contribution >= 0.6 is 0 Å². The van der Waals surface area contributed by atoms with Crippen molar-refractivity contribution < 1.29 is 14.0 Å². The van der Waals surface area contributed by atoms with Crippen molar-refractivity contribution in [3.8, 4) is 11.3 Å². The van der Waals surface area contributed by atoms with E-state index >= 15 is 0 Å². The standard InChI is InChI=1S/C23H24FN5O2/c1-16(30)26-20-8-11-28(14-20)23(31)15-29-21(12-17-2-4-19(24)5-3-17)13-22(27-29)18-6-9-25-10-7-18/h2-7,9-10,13,20H,8,11-12,14-15H2,1H3,(H,26,30). The molecule has 3 aromatic rings. The van der Waals surface area contributed by atoms with Gasteiger partial charge in [-0.15, -0.1) is 0 Å². The third-order valence-electron chi connectivity index (χ3n) is 5.37. The van der Waals surface area contributed by atoms with Crippen molar-refractivity contribution in [1.82, 2.24) is 25.0 Å². The van der Waals surface area contributed by atoms with E-state index in [-0.39, 0.29) is 30.2 Å². The number of nitrogens with one attached hydrogen (secondary N) is 1. The van der Waals surface area contributed by atoms with Crippen molar-refractivity contribution in [2.75, 3.05) is 13.1 Å². The Kier molecular flexibility index (Phi) is 6.06. The summed E-state index contributed by atoms with van der Waals surface area (Å²) < 4.78 is 15.0. The summed E-state index contributed by atoms with van der Waals surface area (Å²) in [5, 5.41) is 7.54. The van der Waals surface area contributed by atoms with Gasteiger partial charge in [0.05, 0.1) is 5.69 Å². The van der Waals surface area contributed by atoms with Gasteiger partial charge >= 0.3 is 0 Å². The van der Waals surface area contributed by atoms with Crippen molar-refractivity contribution in [3.63, 3.8) is 0 Å². The molecule has 0 spiro atoms. The van der Waals surface area contributed by atoms with E-state index in [1.165, 1.54) is 19.1 Å². The lowest BCUT2D eigenvalue weighted by Gasteiger charge is -2.17. The van der Waals surface area contributed by atoms with E-state index in [9.17, 15) is 14.0 Å². The number of hydrogen-bond donors (Lipinski definition) is 1. The Labute approximate surface area is 179 Å². The van der Waals surface area contributed by atoms with Gasteiger partial charge in [-0.3, -0.25) is 19.3 Å². The van der Waals surface area contributed by atoms with Gasteiger partial charge in [0.1, 0.15) is 12.4 Å². The average molecular weight is 421 g/mol. The largest absolute Gasteiger partial charge is 0.352 e. The molecule has 0 bridgehead atoms. The molecule has 7 nitrogen and oxygen atoms in total. The number of amides is 2. The van der Waals surface area contributed by atoms with Crippen LogP contribution in [0.3, 0.4) is 0 Å². The molecule has 1 aliphatic heterocycles. The highest BCUT2D eigenvalue weighted by atomic mass is 19.1. The highest BCUT2D eigenvalue weighted by Crippen LogP contribution is 2.21. The van der Waals surface area contributed by atoms with Gasteiger partial charge in [-0.2, -0.15) is 5.10 Å².